The fraction of sp³-hybridized carbons (Fsp3) is 0.545. The van der Waals surface area contributed by atoms with Crippen molar-refractivity contribution in [2.45, 2.75) is 18.9 Å². The van der Waals surface area contributed by atoms with E-state index < -0.39 is 0 Å². The number of rotatable bonds is 4. The number of likely N-dealkylation sites (tertiary alicyclic amines) is 1. The van der Waals surface area contributed by atoms with E-state index in [1.807, 2.05) is 17.5 Å². The minimum Gasteiger partial charge on any atom is -0.395 e. The maximum absolute atomic E-state index is 11.8. The summed E-state index contributed by atoms with van der Waals surface area (Å²) in [5.41, 5.74) is 0. The topological polar surface area (TPSA) is 40.5 Å². The van der Waals surface area contributed by atoms with E-state index in [9.17, 15) is 4.79 Å². The summed E-state index contributed by atoms with van der Waals surface area (Å²) in [6.07, 6.45) is 2.09. The molecular weight excluding hydrogens is 210 g/mol. The van der Waals surface area contributed by atoms with Crippen LogP contribution in [0.15, 0.2) is 17.5 Å². The molecule has 1 aliphatic rings. The Morgan fingerprint density at radius 3 is 3.20 bits per heavy atom. The third-order valence-electron chi connectivity index (χ3n) is 2.85. The van der Waals surface area contributed by atoms with Crippen LogP contribution in [-0.2, 0) is 0 Å². The molecule has 0 spiro atoms. The van der Waals surface area contributed by atoms with Gasteiger partial charge >= 0.3 is 0 Å². The molecule has 1 aromatic heterocycles. The van der Waals surface area contributed by atoms with Crippen molar-refractivity contribution < 1.29 is 9.90 Å². The summed E-state index contributed by atoms with van der Waals surface area (Å²) in [7, 11) is 0. The molecule has 0 amide bonds. The van der Waals surface area contributed by atoms with Crippen LogP contribution in [0.1, 0.15) is 22.5 Å². The lowest BCUT2D eigenvalue weighted by molar-refractivity contribution is 0.0892. The van der Waals surface area contributed by atoms with E-state index in [1.165, 1.54) is 11.3 Å². The van der Waals surface area contributed by atoms with E-state index in [0.717, 1.165) is 24.3 Å². The SMILES string of the molecule is O=C(CN1CCC[C@H]1CO)c1cccs1. The van der Waals surface area contributed by atoms with Crippen molar-refractivity contribution in [1.82, 2.24) is 4.90 Å². The van der Waals surface area contributed by atoms with Crippen molar-refractivity contribution in [3.63, 3.8) is 0 Å². The van der Waals surface area contributed by atoms with Gasteiger partial charge in [0, 0.05) is 6.04 Å². The summed E-state index contributed by atoms with van der Waals surface area (Å²) in [4.78, 5) is 14.7. The summed E-state index contributed by atoms with van der Waals surface area (Å²) in [6, 6.07) is 3.94. The maximum atomic E-state index is 11.8. The minimum absolute atomic E-state index is 0.164. The number of hydrogen-bond acceptors (Lipinski definition) is 4. The van der Waals surface area contributed by atoms with Crippen molar-refractivity contribution >= 4 is 17.1 Å². The highest BCUT2D eigenvalue weighted by Crippen LogP contribution is 2.18. The van der Waals surface area contributed by atoms with E-state index in [2.05, 4.69) is 4.90 Å². The Morgan fingerprint density at radius 2 is 2.53 bits per heavy atom. The number of aliphatic hydroxyl groups excluding tert-OH is 1. The molecule has 1 atom stereocenters. The highest BCUT2D eigenvalue weighted by Gasteiger charge is 2.25. The zero-order chi connectivity index (χ0) is 10.7. The third-order valence-corrected chi connectivity index (χ3v) is 3.76. The predicted octanol–water partition coefficient (Wildman–Crippen LogP) is 1.39. The number of Topliss-reactive ketones (excluding diaryl/α,β-unsaturated/α-hetero) is 1. The van der Waals surface area contributed by atoms with Gasteiger partial charge in [-0.15, -0.1) is 11.3 Å². The van der Waals surface area contributed by atoms with Gasteiger partial charge in [0.1, 0.15) is 0 Å². The van der Waals surface area contributed by atoms with Gasteiger partial charge in [0.25, 0.3) is 0 Å². The summed E-state index contributed by atoms with van der Waals surface area (Å²) in [5, 5.41) is 11.0. The lowest BCUT2D eigenvalue weighted by atomic mass is 10.2. The van der Waals surface area contributed by atoms with Gasteiger partial charge in [0.2, 0.25) is 0 Å². The Hall–Kier alpha value is -0.710. The van der Waals surface area contributed by atoms with Crippen LogP contribution < -0.4 is 0 Å². The monoisotopic (exact) mass is 225 g/mol. The van der Waals surface area contributed by atoms with Crippen LogP contribution in [0, 0.1) is 0 Å². The lowest BCUT2D eigenvalue weighted by Crippen LogP contribution is -2.36. The fourth-order valence-corrected chi connectivity index (χ4v) is 2.67. The van der Waals surface area contributed by atoms with Crippen LogP contribution in [0.3, 0.4) is 0 Å². The first kappa shape index (κ1) is 10.8. The number of ketones is 1. The molecule has 0 unspecified atom stereocenters. The van der Waals surface area contributed by atoms with E-state index in [4.69, 9.17) is 5.11 Å². The molecule has 0 radical (unpaired) electrons. The van der Waals surface area contributed by atoms with Crippen LogP contribution in [-0.4, -0.2) is 41.5 Å². The van der Waals surface area contributed by atoms with E-state index in [1.54, 1.807) is 0 Å². The second-order valence-corrected chi connectivity index (χ2v) is 4.80. The Kier molecular flexibility index (Phi) is 3.51. The Labute approximate surface area is 93.3 Å². The van der Waals surface area contributed by atoms with Crippen LogP contribution in [0.2, 0.25) is 0 Å². The molecule has 0 saturated carbocycles. The number of thiophene rings is 1. The summed E-state index contributed by atoms with van der Waals surface area (Å²) in [5.74, 6) is 0.172. The molecule has 0 bridgehead atoms. The van der Waals surface area contributed by atoms with Gasteiger partial charge in [-0.3, -0.25) is 9.69 Å². The number of carbonyl (C=O) groups is 1. The zero-order valence-electron chi connectivity index (χ0n) is 8.56. The standard InChI is InChI=1S/C11H15NO2S/c13-8-9-3-1-5-12(9)7-10(14)11-4-2-6-15-11/h2,4,6,9,13H,1,3,5,7-8H2/t9-/m0/s1. The van der Waals surface area contributed by atoms with Gasteiger partial charge in [-0.25, -0.2) is 0 Å². The van der Waals surface area contributed by atoms with Crippen molar-refractivity contribution in [3.05, 3.63) is 22.4 Å². The quantitative estimate of drug-likeness (QED) is 0.787. The molecule has 0 aliphatic carbocycles. The molecule has 1 aromatic rings. The van der Waals surface area contributed by atoms with Gasteiger partial charge in [-0.1, -0.05) is 6.07 Å². The molecule has 2 heterocycles. The number of carbonyl (C=O) groups excluding carboxylic acids is 1. The highest BCUT2D eigenvalue weighted by molar-refractivity contribution is 7.12. The van der Waals surface area contributed by atoms with Crippen molar-refractivity contribution in [3.8, 4) is 0 Å². The lowest BCUT2D eigenvalue weighted by Gasteiger charge is -2.21. The molecule has 1 saturated heterocycles. The van der Waals surface area contributed by atoms with E-state index in [-0.39, 0.29) is 18.4 Å². The molecule has 82 valence electrons. The van der Waals surface area contributed by atoms with Gasteiger partial charge in [0.05, 0.1) is 18.0 Å². The third kappa shape index (κ3) is 2.45. The first-order chi connectivity index (χ1) is 7.31. The molecule has 4 heteroatoms. The van der Waals surface area contributed by atoms with Crippen LogP contribution in [0.4, 0.5) is 0 Å². The van der Waals surface area contributed by atoms with Crippen LogP contribution in [0.5, 0.6) is 0 Å². The second-order valence-electron chi connectivity index (χ2n) is 3.85. The van der Waals surface area contributed by atoms with Gasteiger partial charge in [-0.2, -0.15) is 0 Å². The minimum atomic E-state index is 0.164. The second kappa shape index (κ2) is 4.88. The van der Waals surface area contributed by atoms with Gasteiger partial charge in [0.15, 0.2) is 5.78 Å². The predicted molar refractivity (Wildman–Crippen MR) is 60.3 cm³/mol. The Balaban J connectivity index is 1.94. The molecule has 1 N–H and O–H groups in total. The molecule has 0 aromatic carbocycles. The van der Waals surface area contributed by atoms with Gasteiger partial charge in [-0.05, 0) is 30.8 Å². The first-order valence-corrected chi connectivity index (χ1v) is 6.11. The largest absolute Gasteiger partial charge is 0.395 e. The smallest absolute Gasteiger partial charge is 0.186 e. The molecule has 3 nitrogen and oxygen atoms in total. The molecule has 2 rings (SSSR count). The fourth-order valence-electron chi connectivity index (χ4n) is 2.01. The number of aliphatic hydroxyl groups is 1. The summed E-state index contributed by atoms with van der Waals surface area (Å²) < 4.78 is 0. The average Bonchev–Trinajstić information content (AvgIpc) is 2.87. The molecular formula is C11H15NO2S. The summed E-state index contributed by atoms with van der Waals surface area (Å²) >= 11 is 1.48. The number of hydrogen-bond donors (Lipinski definition) is 1. The zero-order valence-corrected chi connectivity index (χ0v) is 9.37. The molecule has 1 aliphatic heterocycles. The van der Waals surface area contributed by atoms with E-state index >= 15 is 0 Å². The van der Waals surface area contributed by atoms with Crippen molar-refractivity contribution in [2.24, 2.45) is 0 Å². The summed E-state index contributed by atoms with van der Waals surface area (Å²) in [6.45, 7) is 1.55. The molecule has 15 heavy (non-hydrogen) atoms. The maximum Gasteiger partial charge on any atom is 0.186 e. The Morgan fingerprint density at radius 1 is 1.67 bits per heavy atom. The highest BCUT2D eigenvalue weighted by atomic mass is 32.1. The van der Waals surface area contributed by atoms with Crippen LogP contribution in [0.25, 0.3) is 0 Å². The first-order valence-electron chi connectivity index (χ1n) is 5.23. The number of nitrogens with zero attached hydrogens (tertiary/aromatic N) is 1. The van der Waals surface area contributed by atoms with Crippen molar-refractivity contribution in [2.75, 3.05) is 19.7 Å². The molecule has 1 fully saturated rings. The Bertz CT molecular complexity index is 323. The van der Waals surface area contributed by atoms with Crippen LogP contribution >= 0.6 is 11.3 Å². The normalized spacial score (nSPS) is 22.1. The average molecular weight is 225 g/mol. The van der Waals surface area contributed by atoms with E-state index in [0.29, 0.717) is 6.54 Å². The van der Waals surface area contributed by atoms with Crippen molar-refractivity contribution in [1.29, 1.82) is 0 Å². The van der Waals surface area contributed by atoms with Gasteiger partial charge < -0.3 is 5.11 Å².